The first-order chi connectivity index (χ1) is 13.3. The summed E-state index contributed by atoms with van der Waals surface area (Å²) in [5.41, 5.74) is 1.20. The Morgan fingerprint density at radius 1 is 1.04 bits per heavy atom. The van der Waals surface area contributed by atoms with Gasteiger partial charge in [-0.05, 0) is 36.6 Å². The molecule has 0 heterocycles. The smallest absolute Gasteiger partial charge is 0.254 e. The van der Waals surface area contributed by atoms with E-state index in [-0.39, 0.29) is 11.5 Å². The average molecular weight is 388 g/mol. The lowest BCUT2D eigenvalue weighted by atomic mass is 10.0. The number of ether oxygens (including phenoxy) is 2. The Bertz CT molecular complexity index is 867. The lowest BCUT2D eigenvalue weighted by molar-refractivity contribution is -0.118. The molecule has 2 amide bonds. The monoisotopic (exact) mass is 388 g/mol. The molecule has 0 saturated carbocycles. The molecule has 0 bridgehead atoms. The second-order valence-corrected chi connectivity index (χ2v) is 6.69. The van der Waals surface area contributed by atoms with Gasteiger partial charge < -0.3 is 20.1 Å². The van der Waals surface area contributed by atoms with Crippen LogP contribution in [-0.4, -0.2) is 32.1 Å². The van der Waals surface area contributed by atoms with Gasteiger partial charge in [0.1, 0.15) is 11.9 Å². The van der Waals surface area contributed by atoms with E-state index < -0.39 is 23.7 Å². The molecule has 2 N–H and O–H groups in total. The molecule has 6 nitrogen and oxygen atoms in total. The average Bonchev–Trinajstić information content (AvgIpc) is 2.67. The van der Waals surface area contributed by atoms with Crippen LogP contribution < -0.4 is 20.1 Å². The highest BCUT2D eigenvalue weighted by Crippen LogP contribution is 2.33. The van der Waals surface area contributed by atoms with Gasteiger partial charge in [-0.3, -0.25) is 9.59 Å². The van der Waals surface area contributed by atoms with E-state index in [9.17, 15) is 14.0 Å². The largest absolute Gasteiger partial charge is 0.493 e. The third-order valence-electron chi connectivity index (χ3n) is 4.34. The van der Waals surface area contributed by atoms with E-state index in [0.29, 0.717) is 17.2 Å². The maximum absolute atomic E-state index is 13.9. The molecular weight excluding hydrogens is 363 g/mol. The summed E-state index contributed by atoms with van der Waals surface area (Å²) < 4.78 is 24.4. The van der Waals surface area contributed by atoms with E-state index in [1.54, 1.807) is 32.0 Å². The van der Waals surface area contributed by atoms with Gasteiger partial charge in [0, 0.05) is 11.8 Å². The van der Waals surface area contributed by atoms with Gasteiger partial charge >= 0.3 is 0 Å². The lowest BCUT2D eigenvalue weighted by Crippen LogP contribution is -2.47. The topological polar surface area (TPSA) is 76.7 Å². The van der Waals surface area contributed by atoms with E-state index in [1.165, 1.54) is 32.4 Å². The van der Waals surface area contributed by atoms with E-state index in [1.807, 2.05) is 6.92 Å². The zero-order valence-electron chi connectivity index (χ0n) is 16.6. The Balaban J connectivity index is 2.22. The third kappa shape index (κ3) is 4.79. The lowest BCUT2D eigenvalue weighted by Gasteiger charge is -2.23. The Morgan fingerprint density at radius 3 is 2.21 bits per heavy atom. The summed E-state index contributed by atoms with van der Waals surface area (Å²) in [6.07, 6.45) is 0. The number of anilines is 1. The van der Waals surface area contributed by atoms with Crippen LogP contribution in [0.2, 0.25) is 0 Å². The van der Waals surface area contributed by atoms with E-state index >= 15 is 0 Å². The van der Waals surface area contributed by atoms with Crippen molar-refractivity contribution in [2.24, 2.45) is 5.92 Å². The Hall–Kier alpha value is -3.09. The molecule has 7 heteroatoms. The molecule has 0 spiro atoms. The third-order valence-corrected chi connectivity index (χ3v) is 4.34. The van der Waals surface area contributed by atoms with Crippen molar-refractivity contribution in [3.05, 3.63) is 53.3 Å². The Kier molecular flexibility index (Phi) is 6.98. The Morgan fingerprint density at radius 2 is 1.64 bits per heavy atom. The molecular formula is C21H25FN2O4. The van der Waals surface area contributed by atoms with Gasteiger partial charge in [-0.25, -0.2) is 4.39 Å². The first-order valence-electron chi connectivity index (χ1n) is 8.87. The van der Waals surface area contributed by atoms with Crippen molar-refractivity contribution in [2.75, 3.05) is 19.5 Å². The fraction of sp³-hybridized carbons (Fsp3) is 0.333. The highest BCUT2D eigenvalue weighted by atomic mass is 19.1. The number of hydrogen-bond acceptors (Lipinski definition) is 4. The van der Waals surface area contributed by atoms with Crippen molar-refractivity contribution in [3.8, 4) is 11.5 Å². The minimum atomic E-state index is -0.848. The summed E-state index contributed by atoms with van der Waals surface area (Å²) in [4.78, 5) is 25.2. The molecule has 0 aliphatic rings. The number of hydrogen-bond donors (Lipinski definition) is 2. The van der Waals surface area contributed by atoms with Crippen LogP contribution in [0, 0.1) is 18.7 Å². The Labute approximate surface area is 164 Å². The number of aryl methyl sites for hydroxylation is 1. The second kappa shape index (κ2) is 9.21. The van der Waals surface area contributed by atoms with Crippen molar-refractivity contribution in [3.63, 3.8) is 0 Å². The molecule has 0 aromatic heterocycles. The minimum Gasteiger partial charge on any atom is -0.493 e. The molecule has 1 atom stereocenters. The van der Waals surface area contributed by atoms with Crippen molar-refractivity contribution in [1.29, 1.82) is 0 Å². The molecule has 150 valence electrons. The first-order valence-corrected chi connectivity index (χ1v) is 8.87. The van der Waals surface area contributed by atoms with Gasteiger partial charge in [-0.15, -0.1) is 0 Å². The highest BCUT2D eigenvalue weighted by Gasteiger charge is 2.26. The molecule has 0 saturated heterocycles. The number of rotatable bonds is 7. The molecule has 2 aromatic carbocycles. The maximum atomic E-state index is 13.9. The van der Waals surface area contributed by atoms with Crippen LogP contribution in [0.4, 0.5) is 10.1 Å². The molecule has 0 aliphatic heterocycles. The van der Waals surface area contributed by atoms with Crippen molar-refractivity contribution >= 4 is 17.5 Å². The van der Waals surface area contributed by atoms with Crippen LogP contribution in [0.5, 0.6) is 11.5 Å². The number of nitrogens with one attached hydrogen (secondary N) is 2. The standard InChI is InChI=1S/C21H25FN2O4/c1-12(2)19(24-20(25)14-8-6-7-9-15(14)22)21(26)23-16-11-18(28-5)17(27-4)10-13(16)3/h6-12,19H,1-5H3,(H,23,26)(H,24,25)/t19-/m0/s1. The number of carbonyl (C=O) groups excluding carboxylic acids is 2. The predicted molar refractivity (Wildman–Crippen MR) is 105 cm³/mol. The van der Waals surface area contributed by atoms with Crippen molar-refractivity contribution in [1.82, 2.24) is 5.32 Å². The van der Waals surface area contributed by atoms with Gasteiger partial charge in [0.2, 0.25) is 5.91 Å². The predicted octanol–water partition coefficient (Wildman–Crippen LogP) is 3.54. The van der Waals surface area contributed by atoms with Gasteiger partial charge in [-0.2, -0.15) is 0 Å². The summed E-state index contributed by atoms with van der Waals surface area (Å²) in [5.74, 6) is -0.882. The normalized spacial score (nSPS) is 11.7. The van der Waals surface area contributed by atoms with E-state index in [0.717, 1.165) is 5.56 Å². The fourth-order valence-corrected chi connectivity index (χ4v) is 2.73. The molecule has 0 fully saturated rings. The molecule has 0 radical (unpaired) electrons. The number of carbonyl (C=O) groups is 2. The number of benzene rings is 2. The highest BCUT2D eigenvalue weighted by molar-refractivity contribution is 6.01. The maximum Gasteiger partial charge on any atom is 0.254 e. The number of halogens is 1. The van der Waals surface area contributed by atoms with Gasteiger partial charge in [0.05, 0.1) is 19.8 Å². The SMILES string of the molecule is COc1cc(C)c(NC(=O)[C@@H](NC(=O)c2ccccc2F)C(C)C)cc1OC. The van der Waals surface area contributed by atoms with Crippen LogP contribution in [0.3, 0.4) is 0 Å². The summed E-state index contributed by atoms with van der Waals surface area (Å²) in [6, 6.07) is 8.19. The quantitative estimate of drug-likeness (QED) is 0.761. The van der Waals surface area contributed by atoms with Gasteiger partial charge in [-0.1, -0.05) is 26.0 Å². The summed E-state index contributed by atoms with van der Waals surface area (Å²) in [6.45, 7) is 5.42. The van der Waals surface area contributed by atoms with Crippen LogP contribution in [0.25, 0.3) is 0 Å². The van der Waals surface area contributed by atoms with Crippen molar-refractivity contribution < 1.29 is 23.5 Å². The van der Waals surface area contributed by atoms with Crippen LogP contribution in [-0.2, 0) is 4.79 Å². The fourth-order valence-electron chi connectivity index (χ4n) is 2.73. The minimum absolute atomic E-state index is 0.108. The van der Waals surface area contributed by atoms with Crippen LogP contribution in [0.1, 0.15) is 29.8 Å². The van der Waals surface area contributed by atoms with Gasteiger partial charge in [0.25, 0.3) is 5.91 Å². The summed E-state index contributed by atoms with van der Waals surface area (Å²) in [7, 11) is 3.03. The number of amides is 2. The molecule has 0 unspecified atom stereocenters. The molecule has 0 aliphatic carbocycles. The second-order valence-electron chi connectivity index (χ2n) is 6.69. The van der Waals surface area contributed by atoms with Gasteiger partial charge in [0.15, 0.2) is 11.5 Å². The van der Waals surface area contributed by atoms with Crippen molar-refractivity contribution in [2.45, 2.75) is 26.8 Å². The molecule has 2 aromatic rings. The van der Waals surface area contributed by atoms with Crippen LogP contribution in [0.15, 0.2) is 36.4 Å². The number of methoxy groups -OCH3 is 2. The summed E-state index contributed by atoms with van der Waals surface area (Å²) in [5, 5.41) is 5.42. The summed E-state index contributed by atoms with van der Waals surface area (Å²) >= 11 is 0. The molecule has 28 heavy (non-hydrogen) atoms. The van der Waals surface area contributed by atoms with E-state index in [2.05, 4.69) is 10.6 Å². The first kappa shape index (κ1) is 21.2. The molecule has 2 rings (SSSR count). The van der Waals surface area contributed by atoms with Crippen LogP contribution >= 0.6 is 0 Å². The zero-order chi connectivity index (χ0) is 20.8. The zero-order valence-corrected chi connectivity index (χ0v) is 16.6. The van der Waals surface area contributed by atoms with E-state index in [4.69, 9.17) is 9.47 Å².